The highest BCUT2D eigenvalue weighted by Gasteiger charge is 2.37. The maximum absolute atomic E-state index is 13.7. The first-order valence-corrected chi connectivity index (χ1v) is 14.6. The highest BCUT2D eigenvalue weighted by atomic mass is 16.7. The van der Waals surface area contributed by atoms with E-state index in [2.05, 4.69) is 0 Å². The summed E-state index contributed by atoms with van der Waals surface area (Å²) in [6, 6.07) is 23.3. The summed E-state index contributed by atoms with van der Waals surface area (Å²) in [4.78, 5) is 37.4. The van der Waals surface area contributed by atoms with Crippen LogP contribution in [-0.4, -0.2) is 45.2 Å². The van der Waals surface area contributed by atoms with Gasteiger partial charge in [-0.1, -0.05) is 36.4 Å². The first-order valence-electron chi connectivity index (χ1n) is 14.6. The molecule has 2 unspecified atom stereocenters. The predicted octanol–water partition coefficient (Wildman–Crippen LogP) is 7.48. The number of fused-ring (bicyclic) bond motifs is 2. The Balaban J connectivity index is 1.42. The maximum Gasteiger partial charge on any atom is 0.513 e. The third-order valence-corrected chi connectivity index (χ3v) is 7.48. The Morgan fingerprint density at radius 3 is 2.09 bits per heavy atom. The van der Waals surface area contributed by atoms with Gasteiger partial charge < -0.3 is 33.2 Å². The van der Waals surface area contributed by atoms with Crippen molar-refractivity contribution in [3.05, 3.63) is 95.6 Å². The van der Waals surface area contributed by atoms with Crippen molar-refractivity contribution in [1.29, 1.82) is 0 Å². The van der Waals surface area contributed by atoms with Gasteiger partial charge >= 0.3 is 18.3 Å². The molecule has 0 saturated heterocycles. The monoisotopic (exact) mass is 614 g/mol. The number of benzene rings is 4. The van der Waals surface area contributed by atoms with E-state index in [1.165, 1.54) is 0 Å². The van der Waals surface area contributed by atoms with Crippen LogP contribution < -0.4 is 18.9 Å². The Morgan fingerprint density at radius 2 is 1.40 bits per heavy atom. The van der Waals surface area contributed by atoms with Gasteiger partial charge in [-0.15, -0.1) is 0 Å². The van der Waals surface area contributed by atoms with E-state index in [1.54, 1.807) is 70.3 Å². The van der Waals surface area contributed by atoms with Crippen molar-refractivity contribution in [2.24, 2.45) is 0 Å². The van der Waals surface area contributed by atoms with Crippen LogP contribution in [0.2, 0.25) is 0 Å². The zero-order valence-electron chi connectivity index (χ0n) is 25.4. The third kappa shape index (κ3) is 7.29. The SMILES string of the molecule is CCOC(=O)Oc1ccc(C2COc3cc(OC(=O)OCC)ccc3C2OC(=O)[C@@H](C)c2ccc3cc(OC)ccc3c2)cc1. The molecule has 0 radical (unpaired) electrons. The molecule has 3 atom stereocenters. The first kappa shape index (κ1) is 31.2. The van der Waals surface area contributed by atoms with Crippen molar-refractivity contribution in [3.8, 4) is 23.0 Å². The van der Waals surface area contributed by atoms with E-state index in [4.69, 9.17) is 33.2 Å². The van der Waals surface area contributed by atoms with Gasteiger partial charge in [-0.25, -0.2) is 9.59 Å². The molecule has 0 spiro atoms. The molecule has 1 aliphatic rings. The zero-order valence-corrected chi connectivity index (χ0v) is 25.4. The molecule has 0 bridgehead atoms. The molecular weight excluding hydrogens is 580 g/mol. The van der Waals surface area contributed by atoms with Gasteiger partial charge in [-0.05, 0) is 79.1 Å². The lowest BCUT2D eigenvalue weighted by atomic mass is 9.87. The smallest absolute Gasteiger partial charge is 0.497 e. The van der Waals surface area contributed by atoms with Crippen molar-refractivity contribution >= 4 is 29.1 Å². The van der Waals surface area contributed by atoms with E-state index in [1.807, 2.05) is 36.4 Å². The number of methoxy groups -OCH3 is 1. The summed E-state index contributed by atoms with van der Waals surface area (Å²) in [7, 11) is 1.62. The molecule has 0 aliphatic carbocycles. The summed E-state index contributed by atoms with van der Waals surface area (Å²) in [5.41, 5.74) is 2.22. The summed E-state index contributed by atoms with van der Waals surface area (Å²) in [6.45, 7) is 5.71. The van der Waals surface area contributed by atoms with Crippen LogP contribution in [0, 0.1) is 0 Å². The van der Waals surface area contributed by atoms with Crippen LogP contribution in [0.5, 0.6) is 23.0 Å². The van der Waals surface area contributed by atoms with Gasteiger partial charge in [0.25, 0.3) is 0 Å². The molecule has 10 nitrogen and oxygen atoms in total. The number of esters is 1. The van der Waals surface area contributed by atoms with Crippen molar-refractivity contribution in [3.63, 3.8) is 0 Å². The maximum atomic E-state index is 13.7. The van der Waals surface area contributed by atoms with Crippen LogP contribution in [0.1, 0.15) is 55.4 Å². The molecule has 0 amide bonds. The molecule has 0 fully saturated rings. The van der Waals surface area contributed by atoms with Crippen molar-refractivity contribution < 1.29 is 47.5 Å². The molecule has 0 saturated carbocycles. The van der Waals surface area contributed by atoms with Crippen molar-refractivity contribution in [2.75, 3.05) is 26.9 Å². The minimum absolute atomic E-state index is 0.165. The lowest BCUT2D eigenvalue weighted by Gasteiger charge is -2.34. The van der Waals surface area contributed by atoms with Crippen LogP contribution in [0.15, 0.2) is 78.9 Å². The quantitative estimate of drug-likeness (QED) is 0.107. The molecule has 45 heavy (non-hydrogen) atoms. The van der Waals surface area contributed by atoms with Gasteiger partial charge in [-0.2, -0.15) is 0 Å². The molecule has 1 heterocycles. The lowest BCUT2D eigenvalue weighted by Crippen LogP contribution is -2.29. The average molecular weight is 615 g/mol. The molecule has 234 valence electrons. The fourth-order valence-electron chi connectivity index (χ4n) is 5.11. The van der Waals surface area contributed by atoms with E-state index < -0.39 is 36.2 Å². The molecule has 1 aliphatic heterocycles. The standard InChI is InChI=1S/C35H34O10/c1-5-40-34(37)43-26-12-9-22(10-13-26)30-20-42-31-19-28(44-35(38)41-6-2)15-16-29(31)32(30)45-33(36)21(3)23-7-8-25-18-27(39-4)14-11-24(25)17-23/h7-19,21,30,32H,5-6,20H2,1-4H3/t21-,30?,32?/m0/s1. The molecule has 5 rings (SSSR count). The van der Waals surface area contributed by atoms with Crippen LogP contribution >= 0.6 is 0 Å². The first-order chi connectivity index (χ1) is 21.8. The third-order valence-electron chi connectivity index (χ3n) is 7.48. The van der Waals surface area contributed by atoms with E-state index in [0.717, 1.165) is 27.6 Å². The Hall–Kier alpha value is -5.25. The van der Waals surface area contributed by atoms with Crippen molar-refractivity contribution in [1.82, 2.24) is 0 Å². The molecular formula is C35H34O10. The molecule has 4 aromatic rings. The molecule has 10 heteroatoms. The van der Waals surface area contributed by atoms with E-state index in [-0.39, 0.29) is 25.6 Å². The Morgan fingerprint density at radius 1 is 0.778 bits per heavy atom. The summed E-state index contributed by atoms with van der Waals surface area (Å²) in [5.74, 6) is 0.327. The number of rotatable bonds is 9. The number of carbonyl (C=O) groups excluding carboxylic acids is 3. The van der Waals surface area contributed by atoms with Gasteiger partial charge in [0.15, 0.2) is 0 Å². The number of hydrogen-bond donors (Lipinski definition) is 0. The summed E-state index contributed by atoms with van der Waals surface area (Å²) < 4.78 is 37.8. The lowest BCUT2D eigenvalue weighted by molar-refractivity contribution is -0.153. The van der Waals surface area contributed by atoms with Gasteiger partial charge in [-0.3, -0.25) is 4.79 Å². The topological polar surface area (TPSA) is 116 Å². The normalized spacial score (nSPS) is 16.0. The predicted molar refractivity (Wildman–Crippen MR) is 164 cm³/mol. The van der Waals surface area contributed by atoms with Gasteiger partial charge in [0, 0.05) is 11.6 Å². The molecule has 4 aromatic carbocycles. The van der Waals surface area contributed by atoms with E-state index in [9.17, 15) is 14.4 Å². The van der Waals surface area contributed by atoms with Crippen LogP contribution in [0.25, 0.3) is 10.8 Å². The fraction of sp³-hybridized carbons (Fsp3) is 0.286. The summed E-state index contributed by atoms with van der Waals surface area (Å²) >= 11 is 0. The second kappa shape index (κ2) is 14.0. The number of hydrogen-bond acceptors (Lipinski definition) is 10. The van der Waals surface area contributed by atoms with E-state index in [0.29, 0.717) is 17.1 Å². The Kier molecular flexibility index (Phi) is 9.72. The highest BCUT2D eigenvalue weighted by molar-refractivity contribution is 5.87. The second-order valence-corrected chi connectivity index (χ2v) is 10.3. The second-order valence-electron chi connectivity index (χ2n) is 10.3. The number of ether oxygens (including phenoxy) is 7. The summed E-state index contributed by atoms with van der Waals surface area (Å²) in [5, 5.41) is 1.97. The minimum atomic E-state index is -0.832. The van der Waals surface area contributed by atoms with Gasteiger partial charge in [0.2, 0.25) is 0 Å². The summed E-state index contributed by atoms with van der Waals surface area (Å²) in [6.07, 6.45) is -2.36. The molecule has 0 aromatic heterocycles. The van der Waals surface area contributed by atoms with Crippen LogP contribution in [-0.2, 0) is 19.0 Å². The Labute approximate surface area is 260 Å². The zero-order chi connectivity index (χ0) is 31.9. The average Bonchev–Trinajstić information content (AvgIpc) is 3.04. The Bertz CT molecular complexity index is 1680. The largest absolute Gasteiger partial charge is 0.513 e. The van der Waals surface area contributed by atoms with Crippen LogP contribution in [0.4, 0.5) is 9.59 Å². The van der Waals surface area contributed by atoms with Gasteiger partial charge in [0.1, 0.15) is 29.1 Å². The fourth-order valence-corrected chi connectivity index (χ4v) is 5.11. The van der Waals surface area contributed by atoms with Gasteiger partial charge in [0.05, 0.1) is 38.8 Å². The minimum Gasteiger partial charge on any atom is -0.497 e. The van der Waals surface area contributed by atoms with Crippen LogP contribution in [0.3, 0.4) is 0 Å². The molecule has 0 N–H and O–H groups in total. The van der Waals surface area contributed by atoms with E-state index >= 15 is 0 Å². The highest BCUT2D eigenvalue weighted by Crippen LogP contribution is 2.45. The number of carbonyl (C=O) groups is 3. The van der Waals surface area contributed by atoms with Crippen molar-refractivity contribution in [2.45, 2.75) is 38.7 Å².